The third kappa shape index (κ3) is 6.52. The third-order valence-corrected chi connectivity index (χ3v) is 7.91. The van der Waals surface area contributed by atoms with Crippen LogP contribution in [-0.4, -0.2) is 81.2 Å². The monoisotopic (exact) mass is 571 g/mol. The maximum atomic E-state index is 14.1. The average Bonchev–Trinajstić information content (AvgIpc) is 3.12. The first-order chi connectivity index (χ1) is 18.7. The van der Waals surface area contributed by atoms with Gasteiger partial charge in [-0.15, -0.1) is 0 Å². The topological polar surface area (TPSA) is 99.1 Å². The van der Waals surface area contributed by atoms with Crippen LogP contribution in [0.2, 0.25) is 5.02 Å². The summed E-state index contributed by atoms with van der Waals surface area (Å²) in [5, 5.41) is 11.4. The number of aliphatic hydroxyl groups is 1. The lowest BCUT2D eigenvalue weighted by molar-refractivity contribution is -0.133. The quantitative estimate of drug-likeness (QED) is 0.525. The Morgan fingerprint density at radius 1 is 1.15 bits per heavy atom. The molecule has 2 aliphatic rings. The Hall–Kier alpha value is -2.91. The number of piperazine rings is 1. The van der Waals surface area contributed by atoms with Crippen LogP contribution in [0.5, 0.6) is 0 Å². The van der Waals surface area contributed by atoms with E-state index in [9.17, 15) is 14.7 Å². The summed E-state index contributed by atoms with van der Waals surface area (Å²) in [4.78, 5) is 41.8. The smallest absolute Gasteiger partial charge is 0.410 e. The van der Waals surface area contributed by atoms with Crippen molar-refractivity contribution in [2.75, 3.05) is 37.6 Å². The summed E-state index contributed by atoms with van der Waals surface area (Å²) in [6, 6.07) is 7.09. The molecule has 1 aromatic carbocycles. The highest BCUT2D eigenvalue weighted by Gasteiger charge is 2.42. The predicted octanol–water partition coefficient (Wildman–Crippen LogP) is 4.92. The normalized spacial score (nSPS) is 21.8. The zero-order valence-electron chi connectivity index (χ0n) is 24.6. The molecular weight excluding hydrogens is 530 g/mol. The van der Waals surface area contributed by atoms with Crippen molar-refractivity contribution >= 4 is 29.4 Å². The zero-order chi connectivity index (χ0) is 29.4. The molecule has 2 heterocycles. The molecule has 1 aliphatic heterocycles. The van der Waals surface area contributed by atoms with E-state index in [-0.39, 0.29) is 24.4 Å². The van der Waals surface area contributed by atoms with E-state index in [2.05, 4.69) is 21.8 Å². The highest BCUT2D eigenvalue weighted by atomic mass is 35.5. The van der Waals surface area contributed by atoms with E-state index >= 15 is 0 Å². The summed E-state index contributed by atoms with van der Waals surface area (Å²) in [5.74, 6) is 0.370. The van der Waals surface area contributed by atoms with Crippen LogP contribution in [0, 0.1) is 0 Å². The molecule has 1 aromatic heterocycles. The lowest BCUT2D eigenvalue weighted by atomic mass is 9.96. The predicted molar refractivity (Wildman–Crippen MR) is 156 cm³/mol. The van der Waals surface area contributed by atoms with E-state index < -0.39 is 23.2 Å². The van der Waals surface area contributed by atoms with Crippen LogP contribution in [-0.2, 0) is 15.1 Å². The van der Waals surface area contributed by atoms with Gasteiger partial charge in [0.05, 0.1) is 11.6 Å². The third-order valence-electron chi connectivity index (χ3n) is 7.66. The summed E-state index contributed by atoms with van der Waals surface area (Å²) in [5.41, 5.74) is 0.882. The molecule has 0 bridgehead atoms. The fourth-order valence-corrected chi connectivity index (χ4v) is 5.84. The SMILES string of the molecule is CC(C)N(CC(C(=O)N1CCN(c2ncnc3c2[C@H](C)CC3(C)O)CC1)c1ccc(Cl)cc1)C(=O)OC(C)(C)C. The lowest BCUT2D eigenvalue weighted by Gasteiger charge is -2.39. The number of aromatic nitrogens is 2. The van der Waals surface area contributed by atoms with Gasteiger partial charge in [0.25, 0.3) is 0 Å². The molecule has 0 saturated carbocycles. The Morgan fingerprint density at radius 3 is 2.35 bits per heavy atom. The first-order valence-electron chi connectivity index (χ1n) is 14.0. The minimum absolute atomic E-state index is 0.0413. The fraction of sp³-hybridized carbons (Fsp3) is 0.600. The van der Waals surface area contributed by atoms with E-state index in [1.165, 1.54) is 6.33 Å². The summed E-state index contributed by atoms with van der Waals surface area (Å²) >= 11 is 6.15. The van der Waals surface area contributed by atoms with Crippen molar-refractivity contribution in [3.05, 3.63) is 52.4 Å². The van der Waals surface area contributed by atoms with Gasteiger partial charge in [0.2, 0.25) is 5.91 Å². The first-order valence-corrected chi connectivity index (χ1v) is 14.4. The molecule has 3 atom stereocenters. The standard InChI is InChI=1S/C30H42ClN5O4/c1-19(2)36(28(38)40-29(4,5)6)17-23(21-8-10-22(31)11-9-21)27(37)35-14-12-34(13-15-35)26-24-20(3)16-30(7,39)25(24)32-18-33-26/h8-11,18-20,23,39H,12-17H2,1-7H3/t20-,23?,30?/m1/s1. The van der Waals surface area contributed by atoms with Gasteiger partial charge in [0.1, 0.15) is 23.3 Å². The number of ether oxygens (including phenoxy) is 1. The van der Waals surface area contributed by atoms with E-state index in [1.807, 2.05) is 51.7 Å². The molecule has 40 heavy (non-hydrogen) atoms. The molecule has 9 nitrogen and oxygen atoms in total. The molecule has 218 valence electrons. The Balaban J connectivity index is 1.54. The second-order valence-electron chi connectivity index (χ2n) is 12.5. The fourth-order valence-electron chi connectivity index (χ4n) is 5.71. The summed E-state index contributed by atoms with van der Waals surface area (Å²) < 4.78 is 5.67. The Kier molecular flexibility index (Phi) is 8.66. The molecular formula is C30H42ClN5O4. The van der Waals surface area contributed by atoms with Gasteiger partial charge >= 0.3 is 6.09 Å². The molecule has 1 saturated heterocycles. The molecule has 1 N–H and O–H groups in total. The first kappa shape index (κ1) is 30.1. The van der Waals surface area contributed by atoms with Gasteiger partial charge in [-0.2, -0.15) is 0 Å². The van der Waals surface area contributed by atoms with Gasteiger partial charge in [0.15, 0.2) is 0 Å². The number of carbonyl (C=O) groups is 2. The number of hydrogen-bond acceptors (Lipinski definition) is 7. The molecule has 2 amide bonds. The Morgan fingerprint density at radius 2 is 1.77 bits per heavy atom. The number of nitrogens with zero attached hydrogens (tertiary/aromatic N) is 5. The molecule has 0 radical (unpaired) electrons. The van der Waals surface area contributed by atoms with Crippen molar-refractivity contribution in [3.8, 4) is 0 Å². The number of fused-ring (bicyclic) bond motifs is 1. The highest BCUT2D eigenvalue weighted by Crippen LogP contribution is 2.46. The van der Waals surface area contributed by atoms with Crippen molar-refractivity contribution in [2.24, 2.45) is 0 Å². The van der Waals surface area contributed by atoms with Crippen molar-refractivity contribution in [2.45, 2.75) is 84.0 Å². The zero-order valence-corrected chi connectivity index (χ0v) is 25.4. The largest absolute Gasteiger partial charge is 0.444 e. The van der Waals surface area contributed by atoms with Crippen molar-refractivity contribution < 1.29 is 19.4 Å². The van der Waals surface area contributed by atoms with E-state index in [4.69, 9.17) is 16.3 Å². The van der Waals surface area contributed by atoms with E-state index in [1.54, 1.807) is 24.0 Å². The van der Waals surface area contributed by atoms with Gasteiger partial charge in [0, 0.05) is 49.4 Å². The highest BCUT2D eigenvalue weighted by molar-refractivity contribution is 6.30. The van der Waals surface area contributed by atoms with Gasteiger partial charge in [-0.25, -0.2) is 14.8 Å². The average molecular weight is 572 g/mol. The van der Waals surface area contributed by atoms with Crippen LogP contribution in [0.15, 0.2) is 30.6 Å². The second kappa shape index (κ2) is 11.5. The number of carbonyl (C=O) groups excluding carboxylic acids is 2. The van der Waals surface area contributed by atoms with Gasteiger partial charge in [-0.05, 0) is 71.6 Å². The van der Waals surface area contributed by atoms with Crippen LogP contribution in [0.3, 0.4) is 0 Å². The Bertz CT molecular complexity index is 1220. The Labute approximate surface area is 242 Å². The molecule has 1 fully saturated rings. The van der Waals surface area contributed by atoms with E-state index in [0.29, 0.717) is 43.3 Å². The number of halogens is 1. The maximum Gasteiger partial charge on any atom is 0.410 e. The van der Waals surface area contributed by atoms with Crippen LogP contribution in [0.25, 0.3) is 0 Å². The summed E-state index contributed by atoms with van der Waals surface area (Å²) in [6.07, 6.45) is 1.69. The van der Waals surface area contributed by atoms with Crippen LogP contribution < -0.4 is 4.90 Å². The minimum Gasteiger partial charge on any atom is -0.444 e. The van der Waals surface area contributed by atoms with Crippen molar-refractivity contribution in [1.29, 1.82) is 0 Å². The summed E-state index contributed by atoms with van der Waals surface area (Å²) in [7, 11) is 0. The lowest BCUT2D eigenvalue weighted by Crippen LogP contribution is -2.52. The van der Waals surface area contributed by atoms with Gasteiger partial charge < -0.3 is 24.5 Å². The van der Waals surface area contributed by atoms with Crippen LogP contribution in [0.1, 0.15) is 83.5 Å². The second-order valence-corrected chi connectivity index (χ2v) is 12.9. The molecule has 2 unspecified atom stereocenters. The molecule has 0 spiro atoms. The minimum atomic E-state index is -0.966. The van der Waals surface area contributed by atoms with Crippen LogP contribution >= 0.6 is 11.6 Å². The number of hydrogen-bond donors (Lipinski definition) is 1. The van der Waals surface area contributed by atoms with Gasteiger partial charge in [-0.1, -0.05) is 30.7 Å². The van der Waals surface area contributed by atoms with Gasteiger partial charge in [-0.3, -0.25) is 4.79 Å². The molecule has 4 rings (SSSR count). The number of anilines is 1. The number of benzene rings is 1. The molecule has 10 heteroatoms. The molecule has 1 aliphatic carbocycles. The number of amides is 2. The number of rotatable bonds is 6. The van der Waals surface area contributed by atoms with E-state index in [0.717, 1.165) is 16.9 Å². The van der Waals surface area contributed by atoms with Crippen LogP contribution in [0.4, 0.5) is 10.6 Å². The maximum absolute atomic E-state index is 14.1. The van der Waals surface area contributed by atoms with Crippen molar-refractivity contribution in [1.82, 2.24) is 19.8 Å². The van der Waals surface area contributed by atoms with Crippen molar-refractivity contribution in [3.63, 3.8) is 0 Å². The molecule has 2 aromatic rings. The summed E-state index contributed by atoms with van der Waals surface area (Å²) in [6.45, 7) is 15.7.